The van der Waals surface area contributed by atoms with Crippen LogP contribution in [0, 0.1) is 5.92 Å². The van der Waals surface area contributed by atoms with Gasteiger partial charge in [0.25, 0.3) is 0 Å². The maximum absolute atomic E-state index is 12.1. The van der Waals surface area contributed by atoms with E-state index in [0.29, 0.717) is 28.9 Å². The number of rotatable bonds is 7. The summed E-state index contributed by atoms with van der Waals surface area (Å²) in [5, 5.41) is 9.19. The van der Waals surface area contributed by atoms with Crippen molar-refractivity contribution in [3.8, 4) is 11.6 Å². The molecular formula is C16H18N4O2S. The average Bonchev–Trinajstić information content (AvgIpc) is 3.26. The average molecular weight is 330 g/mol. The van der Waals surface area contributed by atoms with Crippen molar-refractivity contribution in [2.75, 3.05) is 5.75 Å². The van der Waals surface area contributed by atoms with E-state index in [1.807, 2.05) is 22.8 Å². The number of aromatic amines is 1. The number of hydrogen-bond acceptors (Lipinski definition) is 5. The van der Waals surface area contributed by atoms with E-state index in [2.05, 4.69) is 29.0 Å². The summed E-state index contributed by atoms with van der Waals surface area (Å²) in [6.45, 7) is 5.02. The summed E-state index contributed by atoms with van der Waals surface area (Å²) in [6.07, 6.45) is 3.36. The predicted octanol–water partition coefficient (Wildman–Crippen LogP) is 3.50. The molecule has 23 heavy (non-hydrogen) atoms. The molecule has 0 radical (unpaired) electrons. The smallest absolute Gasteiger partial charge is 0.200 e. The third kappa shape index (κ3) is 3.56. The Morgan fingerprint density at radius 1 is 1.35 bits per heavy atom. The highest BCUT2D eigenvalue weighted by Crippen LogP contribution is 2.25. The molecule has 0 fully saturated rings. The van der Waals surface area contributed by atoms with Crippen LogP contribution in [-0.4, -0.2) is 31.3 Å². The van der Waals surface area contributed by atoms with Gasteiger partial charge in [-0.25, -0.2) is 0 Å². The van der Waals surface area contributed by atoms with Crippen LogP contribution in [0.25, 0.3) is 11.6 Å². The second-order valence-electron chi connectivity index (χ2n) is 5.58. The molecule has 0 aliphatic heterocycles. The molecule has 0 aliphatic rings. The Kier molecular flexibility index (Phi) is 4.66. The van der Waals surface area contributed by atoms with E-state index in [1.54, 1.807) is 18.5 Å². The normalized spacial score (nSPS) is 11.3. The molecule has 3 rings (SSSR count). The number of hydrogen-bond donors (Lipinski definition) is 1. The molecule has 0 amide bonds. The molecule has 0 aliphatic carbocycles. The molecule has 0 saturated carbocycles. The molecule has 6 nitrogen and oxygen atoms in total. The summed E-state index contributed by atoms with van der Waals surface area (Å²) < 4.78 is 7.45. The number of carbonyl (C=O) groups excluding carboxylic acids is 1. The molecule has 0 spiro atoms. The van der Waals surface area contributed by atoms with Crippen molar-refractivity contribution in [3.63, 3.8) is 0 Å². The second-order valence-corrected chi connectivity index (χ2v) is 6.53. The van der Waals surface area contributed by atoms with E-state index < -0.39 is 0 Å². The summed E-state index contributed by atoms with van der Waals surface area (Å²) in [5.41, 5.74) is 0.610. The van der Waals surface area contributed by atoms with Crippen molar-refractivity contribution in [2.45, 2.75) is 25.5 Å². The van der Waals surface area contributed by atoms with Crippen LogP contribution in [0.4, 0.5) is 0 Å². The van der Waals surface area contributed by atoms with E-state index >= 15 is 0 Å². The van der Waals surface area contributed by atoms with Crippen LogP contribution in [0.3, 0.4) is 0 Å². The van der Waals surface area contributed by atoms with Crippen LogP contribution < -0.4 is 0 Å². The minimum Gasteiger partial charge on any atom is -0.461 e. The Bertz CT molecular complexity index is 760. The maximum atomic E-state index is 12.1. The van der Waals surface area contributed by atoms with Gasteiger partial charge >= 0.3 is 0 Å². The van der Waals surface area contributed by atoms with Crippen LogP contribution in [0.2, 0.25) is 0 Å². The van der Waals surface area contributed by atoms with E-state index in [4.69, 9.17) is 4.42 Å². The van der Waals surface area contributed by atoms with Gasteiger partial charge in [0.05, 0.1) is 17.7 Å². The van der Waals surface area contributed by atoms with E-state index in [9.17, 15) is 4.79 Å². The third-order valence-corrected chi connectivity index (χ3v) is 4.20. The number of thioether (sulfide) groups is 1. The van der Waals surface area contributed by atoms with Gasteiger partial charge in [-0.05, 0) is 30.2 Å². The lowest BCUT2D eigenvalue weighted by Gasteiger charge is -2.11. The van der Waals surface area contributed by atoms with Gasteiger partial charge in [-0.3, -0.25) is 9.36 Å². The molecule has 3 aromatic rings. The van der Waals surface area contributed by atoms with Crippen LogP contribution in [0.5, 0.6) is 0 Å². The highest BCUT2D eigenvalue weighted by Gasteiger charge is 2.18. The molecule has 0 saturated heterocycles. The third-order valence-electron chi connectivity index (χ3n) is 3.24. The molecule has 0 bridgehead atoms. The molecule has 7 heteroatoms. The number of nitrogens with one attached hydrogen (secondary N) is 1. The highest BCUT2D eigenvalue weighted by molar-refractivity contribution is 7.99. The van der Waals surface area contributed by atoms with Crippen molar-refractivity contribution in [1.29, 1.82) is 0 Å². The zero-order valence-electron chi connectivity index (χ0n) is 13.0. The minimum absolute atomic E-state index is 0.0404. The van der Waals surface area contributed by atoms with Gasteiger partial charge in [-0.1, -0.05) is 25.6 Å². The van der Waals surface area contributed by atoms with Gasteiger partial charge in [0, 0.05) is 12.7 Å². The summed E-state index contributed by atoms with van der Waals surface area (Å²) in [6, 6.07) is 7.27. The van der Waals surface area contributed by atoms with E-state index in [-0.39, 0.29) is 5.78 Å². The number of aromatic nitrogens is 4. The van der Waals surface area contributed by atoms with Gasteiger partial charge in [-0.15, -0.1) is 10.2 Å². The van der Waals surface area contributed by atoms with Crippen molar-refractivity contribution in [2.24, 2.45) is 5.92 Å². The summed E-state index contributed by atoms with van der Waals surface area (Å²) in [5.74, 6) is 2.16. The van der Waals surface area contributed by atoms with Crippen molar-refractivity contribution >= 4 is 17.5 Å². The van der Waals surface area contributed by atoms with Gasteiger partial charge in [-0.2, -0.15) is 0 Å². The van der Waals surface area contributed by atoms with Crippen LogP contribution in [0.1, 0.15) is 24.3 Å². The Morgan fingerprint density at radius 2 is 2.22 bits per heavy atom. The van der Waals surface area contributed by atoms with Crippen molar-refractivity contribution in [3.05, 3.63) is 42.4 Å². The van der Waals surface area contributed by atoms with Crippen molar-refractivity contribution < 1.29 is 9.21 Å². The number of Topliss-reactive ketones (excluding diaryl/α,β-unsaturated/α-hetero) is 1. The summed E-state index contributed by atoms with van der Waals surface area (Å²) in [7, 11) is 0. The van der Waals surface area contributed by atoms with Gasteiger partial charge in [0.1, 0.15) is 0 Å². The Balaban J connectivity index is 1.80. The quantitative estimate of drug-likeness (QED) is 0.530. The molecule has 1 N–H and O–H groups in total. The molecular weight excluding hydrogens is 312 g/mol. The minimum atomic E-state index is 0.0404. The Labute approximate surface area is 138 Å². The van der Waals surface area contributed by atoms with Gasteiger partial charge in [0.15, 0.2) is 22.5 Å². The van der Waals surface area contributed by atoms with E-state index in [0.717, 1.165) is 11.7 Å². The number of nitrogens with zero attached hydrogens (tertiary/aromatic N) is 3. The highest BCUT2D eigenvalue weighted by atomic mass is 32.2. The first kappa shape index (κ1) is 15.6. The standard InChI is InChI=1S/C16H18N4O2S/c1-11(2)9-20-15(14-6-4-8-22-14)18-19-16(20)23-10-13(21)12-5-3-7-17-12/h3-8,11,17H,9-10H2,1-2H3. The number of carbonyl (C=O) groups is 1. The first-order valence-electron chi connectivity index (χ1n) is 7.41. The molecule has 0 aromatic carbocycles. The molecule has 120 valence electrons. The Morgan fingerprint density at radius 3 is 2.87 bits per heavy atom. The van der Waals surface area contributed by atoms with Gasteiger partial charge in [0.2, 0.25) is 0 Å². The number of furan rings is 1. The first-order valence-corrected chi connectivity index (χ1v) is 8.40. The molecule has 3 aromatic heterocycles. The lowest BCUT2D eigenvalue weighted by Crippen LogP contribution is -2.09. The second kappa shape index (κ2) is 6.87. The topological polar surface area (TPSA) is 76.7 Å². The fourth-order valence-corrected chi connectivity index (χ4v) is 3.06. The molecule has 0 unspecified atom stereocenters. The lowest BCUT2D eigenvalue weighted by atomic mass is 10.2. The van der Waals surface area contributed by atoms with Crippen LogP contribution in [-0.2, 0) is 6.54 Å². The first-order chi connectivity index (χ1) is 11.1. The van der Waals surface area contributed by atoms with Crippen LogP contribution in [0.15, 0.2) is 46.3 Å². The number of H-pyrrole nitrogens is 1. The zero-order valence-corrected chi connectivity index (χ0v) is 13.8. The zero-order chi connectivity index (χ0) is 16.2. The SMILES string of the molecule is CC(C)Cn1c(SCC(=O)c2ccc[nH]2)nnc1-c1ccco1. The fraction of sp³-hybridized carbons (Fsp3) is 0.312. The summed E-state index contributed by atoms with van der Waals surface area (Å²) in [4.78, 5) is 15.0. The predicted molar refractivity (Wildman–Crippen MR) is 88.4 cm³/mol. The Hall–Kier alpha value is -2.28. The maximum Gasteiger partial charge on any atom is 0.200 e. The van der Waals surface area contributed by atoms with Crippen molar-refractivity contribution in [1.82, 2.24) is 19.7 Å². The number of ketones is 1. The molecule has 3 heterocycles. The summed E-state index contributed by atoms with van der Waals surface area (Å²) >= 11 is 1.39. The van der Waals surface area contributed by atoms with E-state index in [1.165, 1.54) is 11.8 Å². The molecule has 0 atom stereocenters. The lowest BCUT2D eigenvalue weighted by molar-refractivity contribution is 0.101. The van der Waals surface area contributed by atoms with Crippen LogP contribution >= 0.6 is 11.8 Å². The largest absolute Gasteiger partial charge is 0.461 e. The van der Waals surface area contributed by atoms with Gasteiger partial charge < -0.3 is 9.40 Å². The monoisotopic (exact) mass is 330 g/mol. The fourth-order valence-electron chi connectivity index (χ4n) is 2.22.